The Balaban J connectivity index is 1.94. The number of carbonyl (C=O) groups is 2. The van der Waals surface area contributed by atoms with Crippen LogP contribution in [0.3, 0.4) is 0 Å². The number of halogens is 4. The van der Waals surface area contributed by atoms with Gasteiger partial charge in [0.25, 0.3) is 5.91 Å². The van der Waals surface area contributed by atoms with Gasteiger partial charge in [0.2, 0.25) is 5.91 Å². The van der Waals surface area contributed by atoms with Crippen molar-refractivity contribution in [3.63, 3.8) is 0 Å². The molecule has 0 bridgehead atoms. The van der Waals surface area contributed by atoms with E-state index in [4.69, 9.17) is 0 Å². The summed E-state index contributed by atoms with van der Waals surface area (Å²) in [5.74, 6) is -4.32. The maximum atomic E-state index is 13.5. The molecule has 0 saturated carbocycles. The Bertz CT molecular complexity index is 768. The highest BCUT2D eigenvalue weighted by molar-refractivity contribution is 9.10. The van der Waals surface area contributed by atoms with Gasteiger partial charge in [-0.2, -0.15) is 0 Å². The number of rotatable bonds is 4. The van der Waals surface area contributed by atoms with Crippen LogP contribution in [0.15, 0.2) is 40.9 Å². The molecule has 2 N–H and O–H groups in total. The number of nitrogens with one attached hydrogen (secondary N) is 2. The van der Waals surface area contributed by atoms with Crippen molar-refractivity contribution in [2.75, 3.05) is 11.9 Å². The van der Waals surface area contributed by atoms with E-state index in [2.05, 4.69) is 26.6 Å². The first-order chi connectivity index (χ1) is 10.9. The molecule has 0 aliphatic carbocycles. The molecule has 2 aromatic carbocycles. The van der Waals surface area contributed by atoms with E-state index in [9.17, 15) is 22.8 Å². The smallest absolute Gasteiger partial charge is 0.254 e. The van der Waals surface area contributed by atoms with E-state index in [1.54, 1.807) is 0 Å². The zero-order chi connectivity index (χ0) is 17.0. The molecule has 0 atom stereocenters. The van der Waals surface area contributed by atoms with E-state index in [1.165, 1.54) is 18.2 Å². The Labute approximate surface area is 137 Å². The fourth-order valence-corrected chi connectivity index (χ4v) is 2.07. The highest BCUT2D eigenvalue weighted by Gasteiger charge is 2.13. The number of hydrogen-bond donors (Lipinski definition) is 2. The molecule has 0 aromatic heterocycles. The fourth-order valence-electron chi connectivity index (χ4n) is 1.71. The van der Waals surface area contributed by atoms with Gasteiger partial charge in [0.15, 0.2) is 11.6 Å². The minimum atomic E-state index is -1.11. The summed E-state index contributed by atoms with van der Waals surface area (Å²) < 4.78 is 39.8. The van der Waals surface area contributed by atoms with Gasteiger partial charge in [-0.05, 0) is 30.3 Å². The summed E-state index contributed by atoms with van der Waals surface area (Å²) >= 11 is 3.11. The summed E-state index contributed by atoms with van der Waals surface area (Å²) in [6.07, 6.45) is 0. The Hall–Kier alpha value is -2.35. The molecule has 0 unspecified atom stereocenters. The van der Waals surface area contributed by atoms with Crippen LogP contribution in [0.25, 0.3) is 0 Å². The second-order valence-electron chi connectivity index (χ2n) is 4.48. The minimum absolute atomic E-state index is 0.0387. The van der Waals surface area contributed by atoms with Gasteiger partial charge in [0, 0.05) is 16.2 Å². The van der Waals surface area contributed by atoms with Gasteiger partial charge in [-0.15, -0.1) is 0 Å². The SMILES string of the molecule is O=C(CNC(=O)c1cc(Br)ccc1F)Nc1ccc(F)c(F)c1. The molecule has 0 aliphatic heterocycles. The third-order valence-corrected chi connectivity index (χ3v) is 3.28. The first-order valence-electron chi connectivity index (χ1n) is 6.35. The molecule has 8 heteroatoms. The third-order valence-electron chi connectivity index (χ3n) is 2.79. The van der Waals surface area contributed by atoms with E-state index in [1.807, 2.05) is 0 Å². The van der Waals surface area contributed by atoms with Gasteiger partial charge >= 0.3 is 0 Å². The zero-order valence-electron chi connectivity index (χ0n) is 11.5. The lowest BCUT2D eigenvalue weighted by Crippen LogP contribution is -2.33. The monoisotopic (exact) mass is 386 g/mol. The zero-order valence-corrected chi connectivity index (χ0v) is 13.1. The molecule has 4 nitrogen and oxygen atoms in total. The molecular formula is C15H10BrF3N2O2. The number of benzene rings is 2. The largest absolute Gasteiger partial charge is 0.343 e. The minimum Gasteiger partial charge on any atom is -0.343 e. The number of amides is 2. The lowest BCUT2D eigenvalue weighted by Gasteiger charge is -2.08. The summed E-state index contributed by atoms with van der Waals surface area (Å²) in [6, 6.07) is 6.66. The molecule has 120 valence electrons. The summed E-state index contributed by atoms with van der Waals surface area (Å²) in [7, 11) is 0. The average molecular weight is 387 g/mol. The fraction of sp³-hybridized carbons (Fsp3) is 0.0667. The van der Waals surface area contributed by atoms with E-state index in [0.29, 0.717) is 4.47 Å². The molecule has 23 heavy (non-hydrogen) atoms. The van der Waals surface area contributed by atoms with E-state index >= 15 is 0 Å². The summed E-state index contributed by atoms with van der Waals surface area (Å²) in [4.78, 5) is 23.5. The molecule has 0 fully saturated rings. The van der Waals surface area contributed by atoms with Crippen LogP contribution in [0.1, 0.15) is 10.4 Å². The molecule has 0 aliphatic rings. The Morgan fingerprint density at radius 2 is 1.65 bits per heavy atom. The average Bonchev–Trinajstić information content (AvgIpc) is 2.51. The molecule has 0 radical (unpaired) electrons. The van der Waals surface area contributed by atoms with Crippen molar-refractivity contribution in [3.8, 4) is 0 Å². The van der Waals surface area contributed by atoms with Gasteiger partial charge in [-0.3, -0.25) is 9.59 Å². The molecule has 0 saturated heterocycles. The quantitative estimate of drug-likeness (QED) is 0.847. The van der Waals surface area contributed by atoms with Crippen molar-refractivity contribution in [1.82, 2.24) is 5.32 Å². The van der Waals surface area contributed by atoms with Gasteiger partial charge in [-0.1, -0.05) is 15.9 Å². The highest BCUT2D eigenvalue weighted by atomic mass is 79.9. The standard InChI is InChI=1S/C15H10BrF3N2O2/c16-8-1-3-11(17)10(5-8)15(23)20-7-14(22)21-9-2-4-12(18)13(19)6-9/h1-6H,7H2,(H,20,23)(H,21,22). The maximum Gasteiger partial charge on any atom is 0.254 e. The molecule has 2 aromatic rings. The van der Waals surface area contributed by atoms with Crippen molar-refractivity contribution in [2.24, 2.45) is 0 Å². The van der Waals surface area contributed by atoms with Gasteiger partial charge in [0.1, 0.15) is 5.82 Å². The molecule has 2 amide bonds. The van der Waals surface area contributed by atoms with Crippen molar-refractivity contribution in [1.29, 1.82) is 0 Å². The van der Waals surface area contributed by atoms with Gasteiger partial charge in [-0.25, -0.2) is 13.2 Å². The van der Waals surface area contributed by atoms with E-state index < -0.39 is 35.8 Å². The van der Waals surface area contributed by atoms with Crippen molar-refractivity contribution < 1.29 is 22.8 Å². The molecule has 0 spiro atoms. The molecule has 0 heterocycles. The van der Waals surface area contributed by atoms with Crippen molar-refractivity contribution in [3.05, 3.63) is 63.9 Å². The predicted octanol–water partition coefficient (Wildman–Crippen LogP) is 3.23. The van der Waals surface area contributed by atoms with E-state index in [-0.39, 0.29) is 11.3 Å². The van der Waals surface area contributed by atoms with Crippen LogP contribution < -0.4 is 10.6 Å². The normalized spacial score (nSPS) is 10.3. The van der Waals surface area contributed by atoms with Crippen molar-refractivity contribution >= 4 is 33.4 Å². The summed E-state index contributed by atoms with van der Waals surface area (Å²) in [5.41, 5.74) is -0.184. The van der Waals surface area contributed by atoms with Gasteiger partial charge < -0.3 is 10.6 Å². The van der Waals surface area contributed by atoms with Gasteiger partial charge in [0.05, 0.1) is 12.1 Å². The number of hydrogen-bond acceptors (Lipinski definition) is 2. The Morgan fingerprint density at radius 3 is 2.35 bits per heavy atom. The maximum absolute atomic E-state index is 13.5. The Morgan fingerprint density at radius 1 is 0.957 bits per heavy atom. The predicted molar refractivity (Wildman–Crippen MR) is 81.4 cm³/mol. The van der Waals surface area contributed by atoms with Crippen LogP contribution >= 0.6 is 15.9 Å². The lowest BCUT2D eigenvalue weighted by atomic mass is 10.2. The third kappa shape index (κ3) is 4.56. The summed E-state index contributed by atoms with van der Waals surface area (Å²) in [5, 5.41) is 4.51. The molecule has 2 rings (SSSR count). The first-order valence-corrected chi connectivity index (χ1v) is 7.14. The lowest BCUT2D eigenvalue weighted by molar-refractivity contribution is -0.115. The highest BCUT2D eigenvalue weighted by Crippen LogP contribution is 2.15. The topological polar surface area (TPSA) is 58.2 Å². The van der Waals surface area contributed by atoms with E-state index in [0.717, 1.165) is 18.2 Å². The van der Waals surface area contributed by atoms with Crippen LogP contribution in [0.5, 0.6) is 0 Å². The second-order valence-corrected chi connectivity index (χ2v) is 5.40. The van der Waals surface area contributed by atoms with Crippen molar-refractivity contribution in [2.45, 2.75) is 0 Å². The number of carbonyl (C=O) groups excluding carboxylic acids is 2. The number of anilines is 1. The molecular weight excluding hydrogens is 377 g/mol. The first kappa shape index (κ1) is 17.0. The van der Waals surface area contributed by atoms with Crippen LogP contribution in [0.4, 0.5) is 18.9 Å². The van der Waals surface area contributed by atoms with Crippen LogP contribution in [0, 0.1) is 17.5 Å². The van der Waals surface area contributed by atoms with Crippen LogP contribution in [0.2, 0.25) is 0 Å². The second kappa shape index (κ2) is 7.28. The Kier molecular flexibility index (Phi) is 5.38. The summed E-state index contributed by atoms with van der Waals surface area (Å²) in [6.45, 7) is -0.455. The van der Waals surface area contributed by atoms with Crippen LogP contribution in [-0.2, 0) is 4.79 Å². The van der Waals surface area contributed by atoms with Crippen LogP contribution in [-0.4, -0.2) is 18.4 Å².